The second kappa shape index (κ2) is 6.53. The van der Waals surface area contributed by atoms with E-state index in [0.29, 0.717) is 25.6 Å². The van der Waals surface area contributed by atoms with Crippen LogP contribution in [0.3, 0.4) is 0 Å². The predicted molar refractivity (Wildman–Crippen MR) is 78.0 cm³/mol. The molecule has 1 unspecified atom stereocenters. The third-order valence-corrected chi connectivity index (χ3v) is 3.12. The van der Waals surface area contributed by atoms with Gasteiger partial charge in [0.1, 0.15) is 5.82 Å². The smallest absolute Gasteiger partial charge is 0.180 e. The minimum atomic E-state index is 0.143. The van der Waals surface area contributed by atoms with Crippen molar-refractivity contribution in [1.29, 1.82) is 0 Å². The molecule has 0 saturated carbocycles. The minimum Gasteiger partial charge on any atom is -0.383 e. The number of aromatic nitrogens is 3. The summed E-state index contributed by atoms with van der Waals surface area (Å²) in [4.78, 5) is 10.9. The fraction of sp³-hybridized carbons (Fsp3) is 0.538. The number of methoxy groups -OCH3 is 2. The van der Waals surface area contributed by atoms with Crippen molar-refractivity contribution in [3.8, 4) is 0 Å². The molecule has 2 aromatic rings. The molecule has 0 fully saturated rings. The third-order valence-electron chi connectivity index (χ3n) is 3.12. The molecule has 0 aromatic carbocycles. The number of fused-ring (bicyclic) bond motifs is 1. The lowest BCUT2D eigenvalue weighted by Crippen LogP contribution is -2.39. The lowest BCUT2D eigenvalue weighted by Gasteiger charge is -2.29. The summed E-state index contributed by atoms with van der Waals surface area (Å²) in [5, 5.41) is 0. The molecule has 2 N–H and O–H groups in total. The first-order valence-corrected chi connectivity index (χ1v) is 6.51. The van der Waals surface area contributed by atoms with Crippen molar-refractivity contribution >= 4 is 17.3 Å². The number of nitrogens with zero attached hydrogens (tertiary/aromatic N) is 4. The van der Waals surface area contributed by atoms with Crippen LogP contribution < -0.4 is 10.6 Å². The summed E-state index contributed by atoms with van der Waals surface area (Å²) in [5.74, 6) is 1.20. The maximum absolute atomic E-state index is 5.88. The highest BCUT2D eigenvalue weighted by atomic mass is 16.5. The molecule has 1 atom stereocenters. The normalized spacial score (nSPS) is 12.8. The summed E-state index contributed by atoms with van der Waals surface area (Å²) in [6.45, 7) is 3.95. The topological polar surface area (TPSA) is 77.9 Å². The van der Waals surface area contributed by atoms with E-state index in [4.69, 9.17) is 15.2 Å². The van der Waals surface area contributed by atoms with Crippen molar-refractivity contribution in [2.24, 2.45) is 0 Å². The van der Waals surface area contributed by atoms with E-state index in [1.807, 2.05) is 10.6 Å². The average molecular weight is 279 g/mol. The molecule has 0 radical (unpaired) electrons. The van der Waals surface area contributed by atoms with Gasteiger partial charge in [-0.1, -0.05) is 0 Å². The van der Waals surface area contributed by atoms with Crippen LogP contribution >= 0.6 is 0 Å². The summed E-state index contributed by atoms with van der Waals surface area (Å²) in [5.41, 5.74) is 6.65. The maximum Gasteiger partial charge on any atom is 0.180 e. The van der Waals surface area contributed by atoms with Gasteiger partial charge in [0.05, 0.1) is 25.5 Å². The molecule has 0 bridgehead atoms. The first-order valence-electron chi connectivity index (χ1n) is 6.51. The lowest BCUT2D eigenvalue weighted by atomic mass is 10.3. The highest BCUT2D eigenvalue weighted by Crippen LogP contribution is 2.21. The number of hydrogen-bond donors (Lipinski definition) is 1. The van der Waals surface area contributed by atoms with Crippen molar-refractivity contribution in [2.75, 3.05) is 44.6 Å². The largest absolute Gasteiger partial charge is 0.383 e. The maximum atomic E-state index is 5.88. The Morgan fingerprint density at radius 3 is 2.90 bits per heavy atom. The van der Waals surface area contributed by atoms with Crippen LogP contribution in [0.4, 0.5) is 11.6 Å². The Hall–Kier alpha value is -1.86. The molecule has 2 aromatic heterocycles. The molecule has 0 amide bonds. The lowest BCUT2D eigenvalue weighted by molar-refractivity contribution is 0.170. The Balaban J connectivity index is 2.40. The monoisotopic (exact) mass is 279 g/mol. The molecule has 7 nitrogen and oxygen atoms in total. The first kappa shape index (κ1) is 14.5. The molecule has 0 saturated heterocycles. The summed E-state index contributed by atoms with van der Waals surface area (Å²) >= 11 is 0. The number of anilines is 2. The molecule has 2 rings (SSSR count). The second-order valence-corrected chi connectivity index (χ2v) is 4.64. The van der Waals surface area contributed by atoms with Crippen LogP contribution in [0.2, 0.25) is 0 Å². The Morgan fingerprint density at radius 1 is 1.40 bits per heavy atom. The highest BCUT2D eigenvalue weighted by Gasteiger charge is 2.19. The number of hydrogen-bond acceptors (Lipinski definition) is 6. The van der Waals surface area contributed by atoms with Gasteiger partial charge in [-0.15, -0.1) is 0 Å². The van der Waals surface area contributed by atoms with E-state index in [9.17, 15) is 0 Å². The first-order chi connectivity index (χ1) is 9.67. The summed E-state index contributed by atoms with van der Waals surface area (Å²) in [6.07, 6.45) is 5.34. The van der Waals surface area contributed by atoms with Crippen LogP contribution in [0, 0.1) is 0 Å². The average Bonchev–Trinajstić information content (AvgIpc) is 2.87. The molecule has 0 aliphatic heterocycles. The molecule has 2 heterocycles. The summed E-state index contributed by atoms with van der Waals surface area (Å²) in [7, 11) is 3.36. The van der Waals surface area contributed by atoms with E-state index in [1.54, 1.807) is 26.6 Å². The van der Waals surface area contributed by atoms with Crippen LogP contribution in [0.5, 0.6) is 0 Å². The van der Waals surface area contributed by atoms with E-state index >= 15 is 0 Å². The van der Waals surface area contributed by atoms with Gasteiger partial charge in [0.15, 0.2) is 11.5 Å². The van der Waals surface area contributed by atoms with Crippen LogP contribution in [-0.4, -0.2) is 54.4 Å². The van der Waals surface area contributed by atoms with Gasteiger partial charge in [-0.05, 0) is 6.92 Å². The Morgan fingerprint density at radius 2 is 2.20 bits per heavy atom. The van der Waals surface area contributed by atoms with E-state index in [0.717, 1.165) is 11.5 Å². The molecule has 0 spiro atoms. The van der Waals surface area contributed by atoms with Crippen molar-refractivity contribution in [2.45, 2.75) is 13.0 Å². The summed E-state index contributed by atoms with van der Waals surface area (Å²) in [6, 6.07) is 0.143. The number of nitrogens with two attached hydrogens (primary N) is 1. The van der Waals surface area contributed by atoms with Gasteiger partial charge in [-0.2, -0.15) is 0 Å². The highest BCUT2D eigenvalue weighted by molar-refractivity contribution is 5.66. The Labute approximate surface area is 118 Å². The minimum absolute atomic E-state index is 0.143. The fourth-order valence-electron chi connectivity index (χ4n) is 2.18. The molecule has 7 heteroatoms. The van der Waals surface area contributed by atoms with Gasteiger partial charge < -0.3 is 24.5 Å². The molecule has 110 valence electrons. The Kier molecular flexibility index (Phi) is 4.75. The van der Waals surface area contributed by atoms with Crippen LogP contribution in [0.1, 0.15) is 6.92 Å². The van der Waals surface area contributed by atoms with Crippen molar-refractivity contribution in [3.05, 3.63) is 18.6 Å². The number of rotatable bonds is 7. The zero-order valence-electron chi connectivity index (χ0n) is 12.1. The SMILES string of the molecule is COCCN(c1nc(N)cn2ccnc12)C(C)COC. The zero-order valence-corrected chi connectivity index (χ0v) is 12.1. The quantitative estimate of drug-likeness (QED) is 0.807. The second-order valence-electron chi connectivity index (χ2n) is 4.64. The van der Waals surface area contributed by atoms with E-state index in [2.05, 4.69) is 21.8 Å². The van der Waals surface area contributed by atoms with Gasteiger partial charge in [0, 0.05) is 33.2 Å². The molecular weight excluding hydrogens is 258 g/mol. The van der Waals surface area contributed by atoms with Crippen molar-refractivity contribution < 1.29 is 9.47 Å². The van der Waals surface area contributed by atoms with Gasteiger partial charge in [-0.3, -0.25) is 0 Å². The number of nitrogen functional groups attached to an aromatic ring is 1. The predicted octanol–water partition coefficient (Wildman–Crippen LogP) is 0.799. The van der Waals surface area contributed by atoms with Gasteiger partial charge >= 0.3 is 0 Å². The molecule has 20 heavy (non-hydrogen) atoms. The van der Waals surface area contributed by atoms with Crippen LogP contribution in [-0.2, 0) is 9.47 Å². The summed E-state index contributed by atoms with van der Waals surface area (Å²) < 4.78 is 12.3. The van der Waals surface area contributed by atoms with Crippen LogP contribution in [0.15, 0.2) is 18.6 Å². The zero-order chi connectivity index (χ0) is 14.5. The standard InChI is InChI=1S/C13H21N5O2/c1-10(9-20-3)18(6-7-19-2)13-12-15-4-5-17(12)8-11(14)16-13/h4-5,8,10H,6-7,9,14H2,1-3H3. The van der Waals surface area contributed by atoms with Crippen LogP contribution in [0.25, 0.3) is 5.65 Å². The van der Waals surface area contributed by atoms with Crippen molar-refractivity contribution in [1.82, 2.24) is 14.4 Å². The molecule has 0 aliphatic rings. The molecule has 0 aliphatic carbocycles. The van der Waals surface area contributed by atoms with Gasteiger partial charge in [0.25, 0.3) is 0 Å². The van der Waals surface area contributed by atoms with E-state index in [1.165, 1.54) is 0 Å². The number of imidazole rings is 1. The third kappa shape index (κ3) is 3.00. The van der Waals surface area contributed by atoms with E-state index in [-0.39, 0.29) is 6.04 Å². The molecular formula is C13H21N5O2. The number of ether oxygens (including phenoxy) is 2. The van der Waals surface area contributed by atoms with Gasteiger partial charge in [-0.25, -0.2) is 9.97 Å². The Bertz CT molecular complexity index is 557. The van der Waals surface area contributed by atoms with Crippen molar-refractivity contribution in [3.63, 3.8) is 0 Å². The fourth-order valence-corrected chi connectivity index (χ4v) is 2.18. The van der Waals surface area contributed by atoms with E-state index < -0.39 is 0 Å². The van der Waals surface area contributed by atoms with Gasteiger partial charge in [0.2, 0.25) is 0 Å².